The van der Waals surface area contributed by atoms with Gasteiger partial charge in [-0.15, -0.1) is 0 Å². The van der Waals surface area contributed by atoms with Crippen LogP contribution in [0.15, 0.2) is 12.1 Å². The smallest absolute Gasteiger partial charge is 0.337 e. The van der Waals surface area contributed by atoms with Gasteiger partial charge < -0.3 is 21.1 Å². The van der Waals surface area contributed by atoms with Gasteiger partial charge in [-0.3, -0.25) is 0 Å². The molecule has 1 heterocycles. The monoisotopic (exact) mass is 295 g/mol. The predicted molar refractivity (Wildman–Crippen MR) is 81.1 cm³/mol. The van der Waals surface area contributed by atoms with Crippen LogP contribution in [0.25, 0.3) is 0 Å². The summed E-state index contributed by atoms with van der Waals surface area (Å²) in [5, 5.41) is 12.0. The number of rotatable bonds is 6. The first kappa shape index (κ1) is 15.6. The summed E-state index contributed by atoms with van der Waals surface area (Å²) in [7, 11) is 0. The zero-order valence-corrected chi connectivity index (χ0v) is 12.2. The number of carboxylic acid groups (broad SMARTS) is 1. The lowest BCUT2D eigenvalue weighted by atomic mass is 10.1. The van der Waals surface area contributed by atoms with Gasteiger partial charge in [-0.2, -0.15) is 0 Å². The van der Waals surface area contributed by atoms with Gasteiger partial charge in [-0.25, -0.2) is 9.18 Å². The third-order valence-electron chi connectivity index (χ3n) is 3.78. The standard InChI is InChI=1S/C15H22FN3O2/c1-10(9-19-4-2-3-5-19)8-18-14-6-11(15(20)21)13(17)7-12(14)16/h6-7,10,18H,2-5,8-9,17H2,1H3,(H,20,21). The Morgan fingerprint density at radius 3 is 2.76 bits per heavy atom. The van der Waals surface area contributed by atoms with E-state index in [4.69, 9.17) is 10.8 Å². The van der Waals surface area contributed by atoms with E-state index < -0.39 is 11.8 Å². The van der Waals surface area contributed by atoms with Crippen LogP contribution >= 0.6 is 0 Å². The van der Waals surface area contributed by atoms with Crippen molar-refractivity contribution in [3.05, 3.63) is 23.5 Å². The highest BCUT2D eigenvalue weighted by molar-refractivity contribution is 5.94. The van der Waals surface area contributed by atoms with Gasteiger partial charge in [0, 0.05) is 18.8 Å². The number of carbonyl (C=O) groups is 1. The summed E-state index contributed by atoms with van der Waals surface area (Å²) in [5.74, 6) is -1.32. The second kappa shape index (κ2) is 6.76. The van der Waals surface area contributed by atoms with Crippen LogP contribution in [0.5, 0.6) is 0 Å². The maximum Gasteiger partial charge on any atom is 0.337 e. The largest absolute Gasteiger partial charge is 0.478 e. The van der Waals surface area contributed by atoms with E-state index >= 15 is 0 Å². The molecule has 1 fully saturated rings. The van der Waals surface area contributed by atoms with Crippen molar-refractivity contribution in [3.63, 3.8) is 0 Å². The summed E-state index contributed by atoms with van der Waals surface area (Å²) in [4.78, 5) is 13.4. The van der Waals surface area contributed by atoms with E-state index in [1.807, 2.05) is 0 Å². The molecule has 0 aliphatic carbocycles. The van der Waals surface area contributed by atoms with E-state index in [1.165, 1.54) is 18.9 Å². The molecule has 0 bridgehead atoms. The van der Waals surface area contributed by atoms with E-state index in [2.05, 4.69) is 17.1 Å². The van der Waals surface area contributed by atoms with Crippen LogP contribution in [0.4, 0.5) is 15.8 Å². The number of nitrogen functional groups attached to an aromatic ring is 1. The molecule has 1 aromatic rings. The number of halogens is 1. The molecule has 1 unspecified atom stereocenters. The summed E-state index contributed by atoms with van der Waals surface area (Å²) in [5.41, 5.74) is 5.55. The quantitative estimate of drug-likeness (QED) is 0.702. The number of hydrogen-bond donors (Lipinski definition) is 3. The van der Waals surface area contributed by atoms with Gasteiger partial charge in [0.25, 0.3) is 0 Å². The minimum absolute atomic E-state index is 0.0596. The topological polar surface area (TPSA) is 78.6 Å². The Morgan fingerprint density at radius 2 is 2.14 bits per heavy atom. The summed E-state index contributed by atoms with van der Waals surface area (Å²) >= 11 is 0. The van der Waals surface area contributed by atoms with E-state index in [0.29, 0.717) is 12.5 Å². The maximum absolute atomic E-state index is 13.8. The van der Waals surface area contributed by atoms with Gasteiger partial charge in [0.15, 0.2) is 0 Å². The number of aromatic carboxylic acids is 1. The molecule has 0 aromatic heterocycles. The summed E-state index contributed by atoms with van der Waals surface area (Å²) in [6.45, 7) is 5.91. The SMILES string of the molecule is CC(CNc1cc(C(=O)O)c(N)cc1F)CN1CCCC1. The molecule has 1 atom stereocenters. The summed E-state index contributed by atoms with van der Waals surface area (Å²) in [6.07, 6.45) is 2.49. The Morgan fingerprint density at radius 1 is 1.48 bits per heavy atom. The van der Waals surface area contributed by atoms with E-state index in [1.54, 1.807) is 0 Å². The fourth-order valence-electron chi connectivity index (χ4n) is 2.66. The van der Waals surface area contributed by atoms with Crippen LogP contribution in [0.3, 0.4) is 0 Å². The minimum Gasteiger partial charge on any atom is -0.478 e. The Kier molecular flexibility index (Phi) is 5.01. The number of nitrogens with zero attached hydrogens (tertiary/aromatic N) is 1. The predicted octanol–water partition coefficient (Wildman–Crippen LogP) is 2.25. The molecule has 0 spiro atoms. The van der Waals surface area contributed by atoms with Gasteiger partial charge in [-0.1, -0.05) is 6.92 Å². The van der Waals surface area contributed by atoms with Crippen molar-refractivity contribution in [2.75, 3.05) is 37.2 Å². The molecule has 1 aliphatic rings. The van der Waals surface area contributed by atoms with E-state index in [9.17, 15) is 9.18 Å². The lowest BCUT2D eigenvalue weighted by Crippen LogP contribution is -2.29. The second-order valence-corrected chi connectivity index (χ2v) is 5.72. The molecule has 116 valence electrons. The van der Waals surface area contributed by atoms with Gasteiger partial charge in [0.2, 0.25) is 0 Å². The first-order valence-electron chi connectivity index (χ1n) is 7.26. The molecular formula is C15H22FN3O2. The lowest BCUT2D eigenvalue weighted by molar-refractivity contribution is 0.0698. The number of nitrogens with two attached hydrogens (primary N) is 1. The first-order valence-corrected chi connectivity index (χ1v) is 7.26. The Balaban J connectivity index is 1.95. The van der Waals surface area contributed by atoms with Crippen LogP contribution < -0.4 is 11.1 Å². The molecular weight excluding hydrogens is 273 g/mol. The zero-order chi connectivity index (χ0) is 15.4. The average molecular weight is 295 g/mol. The number of anilines is 2. The molecule has 1 saturated heterocycles. The molecule has 0 radical (unpaired) electrons. The zero-order valence-electron chi connectivity index (χ0n) is 12.2. The summed E-state index contributed by atoms with van der Waals surface area (Å²) < 4.78 is 13.8. The van der Waals surface area contributed by atoms with Crippen molar-refractivity contribution in [2.24, 2.45) is 5.92 Å². The Bertz CT molecular complexity index is 516. The van der Waals surface area contributed by atoms with Gasteiger partial charge >= 0.3 is 5.97 Å². The van der Waals surface area contributed by atoms with Crippen molar-refractivity contribution in [1.29, 1.82) is 0 Å². The average Bonchev–Trinajstić information content (AvgIpc) is 2.90. The van der Waals surface area contributed by atoms with Crippen LogP contribution in [-0.2, 0) is 0 Å². The van der Waals surface area contributed by atoms with Crippen LogP contribution in [0, 0.1) is 11.7 Å². The van der Waals surface area contributed by atoms with Crippen LogP contribution in [0.2, 0.25) is 0 Å². The summed E-state index contributed by atoms with van der Waals surface area (Å²) in [6, 6.07) is 2.31. The highest BCUT2D eigenvalue weighted by Crippen LogP contribution is 2.22. The molecule has 0 saturated carbocycles. The third kappa shape index (κ3) is 4.07. The molecule has 1 aromatic carbocycles. The van der Waals surface area contributed by atoms with Crippen molar-refractivity contribution in [3.8, 4) is 0 Å². The highest BCUT2D eigenvalue weighted by Gasteiger charge is 2.16. The number of carboxylic acids is 1. The van der Waals surface area contributed by atoms with Crippen molar-refractivity contribution in [2.45, 2.75) is 19.8 Å². The van der Waals surface area contributed by atoms with Crippen molar-refractivity contribution in [1.82, 2.24) is 4.90 Å². The second-order valence-electron chi connectivity index (χ2n) is 5.72. The molecule has 6 heteroatoms. The fraction of sp³-hybridized carbons (Fsp3) is 0.533. The van der Waals surface area contributed by atoms with Crippen molar-refractivity contribution < 1.29 is 14.3 Å². The number of likely N-dealkylation sites (tertiary alicyclic amines) is 1. The molecule has 21 heavy (non-hydrogen) atoms. The maximum atomic E-state index is 13.8. The van der Waals surface area contributed by atoms with Gasteiger partial charge in [-0.05, 0) is 44.0 Å². The molecule has 5 nitrogen and oxygen atoms in total. The van der Waals surface area contributed by atoms with Gasteiger partial charge in [0.1, 0.15) is 5.82 Å². The normalized spacial score (nSPS) is 16.9. The fourth-order valence-corrected chi connectivity index (χ4v) is 2.66. The third-order valence-corrected chi connectivity index (χ3v) is 3.78. The van der Waals surface area contributed by atoms with E-state index in [0.717, 1.165) is 25.7 Å². The molecule has 0 amide bonds. The van der Waals surface area contributed by atoms with E-state index in [-0.39, 0.29) is 16.9 Å². The number of hydrogen-bond acceptors (Lipinski definition) is 4. The number of nitrogens with one attached hydrogen (secondary N) is 1. The van der Waals surface area contributed by atoms with Crippen LogP contribution in [-0.4, -0.2) is 42.2 Å². The van der Waals surface area contributed by atoms with Gasteiger partial charge in [0.05, 0.1) is 11.3 Å². The molecule has 2 rings (SSSR count). The van der Waals surface area contributed by atoms with Crippen molar-refractivity contribution >= 4 is 17.3 Å². The molecule has 4 N–H and O–H groups in total. The minimum atomic E-state index is -1.15. The lowest BCUT2D eigenvalue weighted by Gasteiger charge is -2.21. The van der Waals surface area contributed by atoms with Crippen LogP contribution in [0.1, 0.15) is 30.1 Å². The highest BCUT2D eigenvalue weighted by atomic mass is 19.1. The molecule has 1 aliphatic heterocycles. The Hall–Kier alpha value is -1.82. The number of benzene rings is 1. The first-order chi connectivity index (χ1) is 9.97. The Labute approximate surface area is 123 Å².